The first-order chi connectivity index (χ1) is 18.3. The molecule has 9 atom stereocenters. The van der Waals surface area contributed by atoms with Gasteiger partial charge in [0.2, 0.25) is 11.8 Å². The molecule has 3 saturated carbocycles. The van der Waals surface area contributed by atoms with E-state index in [1.807, 2.05) is 60.7 Å². The molecule has 0 bridgehead atoms. The second kappa shape index (κ2) is 9.68. The van der Waals surface area contributed by atoms with Gasteiger partial charge in [-0.15, -0.1) is 0 Å². The Labute approximate surface area is 226 Å². The molecule has 2 aromatic carbocycles. The Bertz CT molecular complexity index is 1210. The first-order valence-corrected chi connectivity index (χ1v) is 14.4. The molecular weight excluding hydrogens is 472 g/mol. The van der Waals surface area contributed by atoms with E-state index in [0.717, 1.165) is 49.7 Å². The number of aliphatic hydroxyl groups excluding tert-OH is 1. The molecule has 3 fully saturated rings. The van der Waals surface area contributed by atoms with Crippen LogP contribution in [0.3, 0.4) is 0 Å². The van der Waals surface area contributed by atoms with Crippen molar-refractivity contribution in [3.05, 3.63) is 83.9 Å². The smallest absolute Gasteiger partial charge is 0.243 e. The van der Waals surface area contributed by atoms with Crippen molar-refractivity contribution in [3.8, 4) is 0 Å². The highest BCUT2D eigenvalue weighted by Crippen LogP contribution is 2.65. The second-order valence-electron chi connectivity index (χ2n) is 12.6. The monoisotopic (exact) mass is 512 g/mol. The molecule has 0 aromatic heterocycles. The van der Waals surface area contributed by atoms with Gasteiger partial charge in [0.05, 0.1) is 6.04 Å². The summed E-state index contributed by atoms with van der Waals surface area (Å²) in [6, 6.07) is 19.2. The Kier molecular flexibility index (Phi) is 6.46. The standard InChI is InChI=1S/C33H40N2O3/c1-32-19-17-25-23(13-16-27-33(25,2)20-18-28(36)34-27)24(32)14-15-26(32)31(38)35-29(21-9-5-3-6-10-21)30(37)22-11-7-4-8-12-22/h3-12,18,20,23-27,29-30,37H,13-17,19H2,1-2H3,(H,34,36)(H,35,38)/t23-,24-,25-,26+,27+,29?,30?,32-,33+/m0/s1. The average molecular weight is 513 g/mol. The van der Waals surface area contributed by atoms with Crippen molar-refractivity contribution in [2.24, 2.45) is 34.5 Å². The molecule has 4 aliphatic rings. The number of carbonyl (C=O) groups excluding carboxylic acids is 2. The fraction of sp³-hybridized carbons (Fsp3) is 0.515. The van der Waals surface area contributed by atoms with Gasteiger partial charge in [0.25, 0.3) is 0 Å². The molecule has 0 radical (unpaired) electrons. The van der Waals surface area contributed by atoms with E-state index < -0.39 is 12.1 Å². The molecule has 3 N–H and O–H groups in total. The minimum atomic E-state index is -0.827. The largest absolute Gasteiger partial charge is 0.386 e. The summed E-state index contributed by atoms with van der Waals surface area (Å²) < 4.78 is 0. The highest BCUT2D eigenvalue weighted by atomic mass is 16.3. The fourth-order valence-electron chi connectivity index (χ4n) is 8.87. The third-order valence-corrected chi connectivity index (χ3v) is 10.9. The van der Waals surface area contributed by atoms with Gasteiger partial charge < -0.3 is 15.7 Å². The maximum Gasteiger partial charge on any atom is 0.243 e. The molecule has 5 nitrogen and oxygen atoms in total. The Morgan fingerprint density at radius 3 is 2.32 bits per heavy atom. The van der Waals surface area contributed by atoms with Gasteiger partial charge in [-0.25, -0.2) is 0 Å². The minimum absolute atomic E-state index is 0.00327. The van der Waals surface area contributed by atoms with Crippen LogP contribution in [0.25, 0.3) is 0 Å². The molecule has 2 unspecified atom stereocenters. The number of rotatable bonds is 5. The first-order valence-electron chi connectivity index (χ1n) is 14.4. The SMILES string of the molecule is C[C@]12C=CC(=O)N[C@@H]1CC[C@@H]1[C@@H]2CC[C@]2(C)[C@@H](C(=O)NC(c3ccccc3)C(O)c3ccccc3)CC[C@@H]12. The Balaban J connectivity index is 1.24. The third kappa shape index (κ3) is 4.10. The number of aliphatic hydroxyl groups is 1. The zero-order valence-electron chi connectivity index (χ0n) is 22.5. The summed E-state index contributed by atoms with van der Waals surface area (Å²) in [4.78, 5) is 26.1. The molecule has 1 heterocycles. The summed E-state index contributed by atoms with van der Waals surface area (Å²) in [6.45, 7) is 4.69. The number of hydrogen-bond donors (Lipinski definition) is 3. The molecule has 0 spiro atoms. The lowest BCUT2D eigenvalue weighted by molar-refractivity contribution is -0.135. The summed E-state index contributed by atoms with van der Waals surface area (Å²) in [5.41, 5.74) is 1.67. The molecule has 38 heavy (non-hydrogen) atoms. The first kappa shape index (κ1) is 25.4. The lowest BCUT2D eigenvalue weighted by Gasteiger charge is -2.58. The second-order valence-corrected chi connectivity index (χ2v) is 12.6. The molecule has 0 saturated heterocycles. The van der Waals surface area contributed by atoms with Crippen molar-refractivity contribution in [1.82, 2.24) is 10.6 Å². The van der Waals surface area contributed by atoms with Gasteiger partial charge >= 0.3 is 0 Å². The normalized spacial score (nSPS) is 37.2. The Hall–Kier alpha value is -2.92. The van der Waals surface area contributed by atoms with Gasteiger partial charge in [0, 0.05) is 17.4 Å². The quantitative estimate of drug-likeness (QED) is 0.496. The van der Waals surface area contributed by atoms with Crippen molar-refractivity contribution < 1.29 is 14.7 Å². The van der Waals surface area contributed by atoms with E-state index in [2.05, 4.69) is 30.6 Å². The van der Waals surface area contributed by atoms with E-state index in [1.165, 1.54) is 0 Å². The third-order valence-electron chi connectivity index (χ3n) is 10.9. The zero-order valence-corrected chi connectivity index (χ0v) is 22.5. The summed E-state index contributed by atoms with van der Waals surface area (Å²) in [6.07, 6.45) is 9.30. The van der Waals surface area contributed by atoms with E-state index in [0.29, 0.717) is 17.8 Å². The summed E-state index contributed by atoms with van der Waals surface area (Å²) in [7, 11) is 0. The summed E-state index contributed by atoms with van der Waals surface area (Å²) >= 11 is 0. The zero-order chi connectivity index (χ0) is 26.5. The van der Waals surface area contributed by atoms with E-state index in [4.69, 9.17) is 0 Å². The van der Waals surface area contributed by atoms with Gasteiger partial charge in [0.15, 0.2) is 0 Å². The highest BCUT2D eigenvalue weighted by molar-refractivity contribution is 5.89. The van der Waals surface area contributed by atoms with Crippen molar-refractivity contribution in [2.75, 3.05) is 0 Å². The van der Waals surface area contributed by atoms with Crippen LogP contribution >= 0.6 is 0 Å². The van der Waals surface area contributed by atoms with Crippen LogP contribution in [-0.2, 0) is 9.59 Å². The number of benzene rings is 2. The Morgan fingerprint density at radius 2 is 1.61 bits per heavy atom. The van der Waals surface area contributed by atoms with Gasteiger partial charge in [-0.2, -0.15) is 0 Å². The van der Waals surface area contributed by atoms with Crippen LogP contribution in [0.1, 0.15) is 75.6 Å². The number of nitrogens with one attached hydrogen (secondary N) is 2. The summed E-state index contributed by atoms with van der Waals surface area (Å²) in [5, 5.41) is 17.9. The van der Waals surface area contributed by atoms with Gasteiger partial charge in [0.1, 0.15) is 6.10 Å². The fourth-order valence-corrected chi connectivity index (χ4v) is 8.87. The Morgan fingerprint density at radius 1 is 0.921 bits per heavy atom. The van der Waals surface area contributed by atoms with Gasteiger partial charge in [-0.3, -0.25) is 9.59 Å². The van der Waals surface area contributed by atoms with Crippen LogP contribution in [0.2, 0.25) is 0 Å². The van der Waals surface area contributed by atoms with Gasteiger partial charge in [-0.05, 0) is 78.9 Å². The average Bonchev–Trinajstić information content (AvgIpc) is 3.30. The van der Waals surface area contributed by atoms with Crippen LogP contribution in [0, 0.1) is 34.5 Å². The number of carbonyl (C=O) groups is 2. The molecule has 2 aromatic rings. The maximum absolute atomic E-state index is 14.0. The predicted octanol–water partition coefficient (Wildman–Crippen LogP) is 5.49. The summed E-state index contributed by atoms with van der Waals surface area (Å²) in [5.74, 6) is 1.67. The molecule has 3 aliphatic carbocycles. The topological polar surface area (TPSA) is 78.4 Å². The molecule has 200 valence electrons. The van der Waals surface area contributed by atoms with E-state index in [-0.39, 0.29) is 34.6 Å². The van der Waals surface area contributed by atoms with E-state index in [1.54, 1.807) is 6.08 Å². The van der Waals surface area contributed by atoms with Crippen LogP contribution in [0.15, 0.2) is 72.8 Å². The molecule has 5 heteroatoms. The number of fused-ring (bicyclic) bond motifs is 5. The highest BCUT2D eigenvalue weighted by Gasteiger charge is 2.61. The van der Waals surface area contributed by atoms with Crippen molar-refractivity contribution in [2.45, 2.75) is 70.6 Å². The van der Waals surface area contributed by atoms with E-state index in [9.17, 15) is 14.7 Å². The van der Waals surface area contributed by atoms with Crippen molar-refractivity contribution >= 4 is 11.8 Å². The van der Waals surface area contributed by atoms with Crippen LogP contribution in [0.4, 0.5) is 0 Å². The maximum atomic E-state index is 14.0. The van der Waals surface area contributed by atoms with Crippen molar-refractivity contribution in [1.29, 1.82) is 0 Å². The number of amides is 2. The van der Waals surface area contributed by atoms with Crippen LogP contribution < -0.4 is 10.6 Å². The predicted molar refractivity (Wildman–Crippen MR) is 148 cm³/mol. The van der Waals surface area contributed by atoms with Crippen molar-refractivity contribution in [3.63, 3.8) is 0 Å². The van der Waals surface area contributed by atoms with Crippen LogP contribution in [-0.4, -0.2) is 23.0 Å². The molecule has 6 rings (SSSR count). The lowest BCUT2D eigenvalue weighted by atomic mass is 9.48. The van der Waals surface area contributed by atoms with Crippen LogP contribution in [0.5, 0.6) is 0 Å². The minimum Gasteiger partial charge on any atom is -0.386 e. The molecule has 1 aliphatic heterocycles. The number of hydrogen-bond acceptors (Lipinski definition) is 3. The van der Waals surface area contributed by atoms with Gasteiger partial charge in [-0.1, -0.05) is 80.6 Å². The molecular formula is C33H40N2O3. The molecule has 2 amide bonds. The van der Waals surface area contributed by atoms with E-state index >= 15 is 0 Å². The lowest BCUT2D eigenvalue weighted by Crippen LogP contribution is -2.59.